The predicted molar refractivity (Wildman–Crippen MR) is 109 cm³/mol. The monoisotopic (exact) mass is 392 g/mol. The van der Waals surface area contributed by atoms with Crippen LogP contribution < -0.4 is 15.0 Å². The van der Waals surface area contributed by atoms with Gasteiger partial charge in [0.05, 0.1) is 12.7 Å². The molecule has 0 amide bonds. The number of phenols is 1. The van der Waals surface area contributed by atoms with Gasteiger partial charge in [0.1, 0.15) is 29.1 Å². The Morgan fingerprint density at radius 2 is 1.97 bits per heavy atom. The zero-order valence-electron chi connectivity index (χ0n) is 16.7. The second-order valence-electron chi connectivity index (χ2n) is 7.34. The van der Waals surface area contributed by atoms with Crippen molar-refractivity contribution in [2.24, 2.45) is 0 Å². The molecule has 0 saturated carbocycles. The fourth-order valence-corrected chi connectivity index (χ4v) is 3.58. The smallest absolute Gasteiger partial charge is 0.228 e. The largest absolute Gasteiger partial charge is 0.508 e. The number of methoxy groups -OCH3 is 1. The third kappa shape index (κ3) is 3.56. The van der Waals surface area contributed by atoms with E-state index in [1.807, 2.05) is 49.0 Å². The van der Waals surface area contributed by atoms with Crippen molar-refractivity contribution in [2.45, 2.75) is 12.5 Å². The first kappa shape index (κ1) is 19.0. The van der Waals surface area contributed by atoms with E-state index >= 15 is 0 Å². The third-order valence-electron chi connectivity index (χ3n) is 5.13. The molecule has 2 aromatic carbocycles. The van der Waals surface area contributed by atoms with Gasteiger partial charge in [-0.25, -0.2) is 4.98 Å². The van der Waals surface area contributed by atoms with Crippen LogP contribution in [0.5, 0.6) is 23.1 Å². The maximum Gasteiger partial charge on any atom is 0.228 e. The van der Waals surface area contributed by atoms with E-state index in [1.165, 1.54) is 0 Å². The molecule has 1 aromatic heterocycles. The summed E-state index contributed by atoms with van der Waals surface area (Å²) < 4.78 is 13.1. The summed E-state index contributed by atoms with van der Waals surface area (Å²) in [5.74, 6) is 1.62. The number of hydrogen-bond acceptors (Lipinski definition) is 6. The van der Waals surface area contributed by atoms with Crippen molar-refractivity contribution in [2.75, 3.05) is 27.7 Å². The average molecular weight is 392 g/mol. The minimum absolute atomic E-state index is 0.128. The lowest BCUT2D eigenvalue weighted by atomic mass is 9.84. The van der Waals surface area contributed by atoms with Gasteiger partial charge in [0, 0.05) is 30.6 Å². The number of fused-ring (bicyclic) bond motifs is 2. The number of rotatable bonds is 5. The van der Waals surface area contributed by atoms with Gasteiger partial charge in [0.15, 0.2) is 0 Å². The second kappa shape index (κ2) is 7.60. The van der Waals surface area contributed by atoms with Crippen molar-refractivity contribution in [3.05, 3.63) is 71.0 Å². The highest BCUT2D eigenvalue weighted by molar-refractivity contribution is 5.57. The molecular weight excluding hydrogens is 368 g/mol. The molecule has 1 atom stereocenters. The van der Waals surface area contributed by atoms with Crippen LogP contribution in [-0.2, 0) is 6.54 Å². The van der Waals surface area contributed by atoms with Gasteiger partial charge in [-0.05, 0) is 37.9 Å². The van der Waals surface area contributed by atoms with Crippen LogP contribution in [0.2, 0.25) is 0 Å². The molecule has 4 rings (SSSR count). The maximum absolute atomic E-state index is 9.92. The lowest BCUT2D eigenvalue weighted by Gasteiger charge is -2.28. The van der Waals surface area contributed by atoms with Crippen molar-refractivity contribution in [3.8, 4) is 23.1 Å². The Labute approximate surface area is 169 Å². The normalized spacial score (nSPS) is 14.8. The van der Waals surface area contributed by atoms with Crippen molar-refractivity contribution in [3.63, 3.8) is 0 Å². The van der Waals surface area contributed by atoms with Crippen molar-refractivity contribution >= 4 is 0 Å². The first-order valence-electron chi connectivity index (χ1n) is 9.41. The van der Waals surface area contributed by atoms with Gasteiger partial charge in [0.2, 0.25) is 5.88 Å². The molecule has 1 aliphatic rings. The van der Waals surface area contributed by atoms with E-state index in [4.69, 9.17) is 14.9 Å². The van der Waals surface area contributed by atoms with Crippen LogP contribution in [0.25, 0.3) is 0 Å². The number of aromatic hydroxyl groups is 1. The van der Waals surface area contributed by atoms with Crippen molar-refractivity contribution in [1.29, 1.82) is 5.41 Å². The molecule has 0 fully saturated rings. The van der Waals surface area contributed by atoms with Gasteiger partial charge in [-0.15, -0.1) is 0 Å². The van der Waals surface area contributed by atoms with Crippen LogP contribution in [0.1, 0.15) is 22.6 Å². The Balaban J connectivity index is 1.88. The molecule has 1 aliphatic heterocycles. The number of likely N-dealkylation sites (N-methyl/N-ethyl adjacent to an activating group) is 1. The molecule has 2 heterocycles. The molecule has 0 radical (unpaired) electrons. The fourth-order valence-electron chi connectivity index (χ4n) is 3.58. The van der Waals surface area contributed by atoms with Gasteiger partial charge in [-0.2, -0.15) is 0 Å². The molecule has 3 aromatic rings. The summed E-state index contributed by atoms with van der Waals surface area (Å²) >= 11 is 0. The van der Waals surface area contributed by atoms with Crippen LogP contribution in [0.4, 0.5) is 0 Å². The number of nitrogens with zero attached hydrogens (tertiary/aromatic N) is 3. The number of phenolic OH excluding ortho intramolecular Hbond substituents is 1. The Hall–Kier alpha value is -3.32. The van der Waals surface area contributed by atoms with Crippen LogP contribution >= 0.6 is 0 Å². The summed E-state index contributed by atoms with van der Waals surface area (Å²) in [6.45, 7) is 1.46. The Bertz CT molecular complexity index is 1090. The predicted octanol–water partition coefficient (Wildman–Crippen LogP) is 2.92. The van der Waals surface area contributed by atoms with E-state index in [1.54, 1.807) is 25.6 Å². The number of ether oxygens (including phenoxy) is 2. The fraction of sp³-hybridized carbons (Fsp3) is 0.273. The summed E-state index contributed by atoms with van der Waals surface area (Å²) in [4.78, 5) is 6.56. The standard InChI is InChI=1S/C22H24N4O3/c1-25(2)10-11-26-13-24-22-20(21(26)23)19(14-4-7-16(28-3)8-5-14)17-9-6-15(27)12-18(17)29-22/h4-9,12-13,19,23,27H,10-11H2,1-3H3/t19-/m0/s1. The molecule has 7 heteroatoms. The number of benzene rings is 2. The molecule has 0 saturated heterocycles. The van der Waals surface area contributed by atoms with E-state index in [0.717, 1.165) is 29.0 Å². The molecule has 0 unspecified atom stereocenters. The van der Waals surface area contributed by atoms with Gasteiger partial charge in [-0.3, -0.25) is 5.41 Å². The highest BCUT2D eigenvalue weighted by atomic mass is 16.5. The number of hydrogen-bond donors (Lipinski definition) is 2. The molecule has 0 aliphatic carbocycles. The van der Waals surface area contributed by atoms with E-state index < -0.39 is 0 Å². The number of nitrogens with one attached hydrogen (secondary N) is 1. The summed E-state index contributed by atoms with van der Waals surface area (Å²) in [7, 11) is 5.64. The van der Waals surface area contributed by atoms with E-state index in [-0.39, 0.29) is 11.7 Å². The molecule has 150 valence electrons. The van der Waals surface area contributed by atoms with E-state index in [0.29, 0.717) is 23.7 Å². The second-order valence-corrected chi connectivity index (χ2v) is 7.34. The minimum atomic E-state index is -0.230. The summed E-state index contributed by atoms with van der Waals surface area (Å²) in [6.07, 6.45) is 1.64. The molecule has 0 bridgehead atoms. The quantitative estimate of drug-likeness (QED) is 0.546. The molecule has 2 N–H and O–H groups in total. The molecule has 29 heavy (non-hydrogen) atoms. The van der Waals surface area contributed by atoms with Crippen LogP contribution in [-0.4, -0.2) is 47.3 Å². The topological polar surface area (TPSA) is 83.6 Å². The summed E-state index contributed by atoms with van der Waals surface area (Å²) in [6, 6.07) is 12.9. The zero-order valence-corrected chi connectivity index (χ0v) is 16.7. The maximum atomic E-state index is 9.92. The minimum Gasteiger partial charge on any atom is -0.508 e. The zero-order chi connectivity index (χ0) is 20.5. The average Bonchev–Trinajstić information content (AvgIpc) is 2.71. The summed E-state index contributed by atoms with van der Waals surface area (Å²) in [5, 5.41) is 18.8. The molecule has 0 spiro atoms. The number of aromatic nitrogens is 2. The molecular formula is C22H24N4O3. The van der Waals surface area contributed by atoms with E-state index in [2.05, 4.69) is 9.88 Å². The summed E-state index contributed by atoms with van der Waals surface area (Å²) in [5.41, 5.74) is 2.98. The first-order chi connectivity index (χ1) is 14.0. The SMILES string of the molecule is COc1ccc([C@H]2c3ccc(O)cc3Oc3ncn(CCN(C)C)c(=N)c32)cc1. The Morgan fingerprint density at radius 3 is 2.66 bits per heavy atom. The third-order valence-corrected chi connectivity index (χ3v) is 5.13. The van der Waals surface area contributed by atoms with Gasteiger partial charge in [0.25, 0.3) is 0 Å². The lowest BCUT2D eigenvalue weighted by molar-refractivity contribution is 0.370. The van der Waals surface area contributed by atoms with Crippen LogP contribution in [0.15, 0.2) is 48.8 Å². The lowest BCUT2D eigenvalue weighted by Crippen LogP contribution is -2.32. The Kier molecular flexibility index (Phi) is 4.98. The first-order valence-corrected chi connectivity index (χ1v) is 9.41. The van der Waals surface area contributed by atoms with Crippen molar-refractivity contribution in [1.82, 2.24) is 14.5 Å². The van der Waals surface area contributed by atoms with E-state index in [9.17, 15) is 5.11 Å². The van der Waals surface area contributed by atoms with Crippen LogP contribution in [0, 0.1) is 5.41 Å². The Morgan fingerprint density at radius 1 is 1.21 bits per heavy atom. The van der Waals surface area contributed by atoms with Crippen LogP contribution in [0.3, 0.4) is 0 Å². The van der Waals surface area contributed by atoms with Gasteiger partial charge >= 0.3 is 0 Å². The highest BCUT2D eigenvalue weighted by Gasteiger charge is 2.32. The van der Waals surface area contributed by atoms with Crippen molar-refractivity contribution < 1.29 is 14.6 Å². The molecule has 7 nitrogen and oxygen atoms in total. The highest BCUT2D eigenvalue weighted by Crippen LogP contribution is 2.46. The van der Waals surface area contributed by atoms with Gasteiger partial charge in [-0.1, -0.05) is 18.2 Å². The van der Waals surface area contributed by atoms with Gasteiger partial charge < -0.3 is 24.0 Å².